The number of nitrogens with one attached hydrogen (secondary N) is 1. The first-order valence-electron chi connectivity index (χ1n) is 6.84. The number of hydrogen-bond donors (Lipinski definition) is 1. The summed E-state index contributed by atoms with van der Waals surface area (Å²) >= 11 is 0. The zero-order chi connectivity index (χ0) is 11.0. The summed E-state index contributed by atoms with van der Waals surface area (Å²) in [4.78, 5) is 14.2. The first kappa shape index (κ1) is 10.6. The fourth-order valence-corrected chi connectivity index (χ4v) is 3.32. The molecule has 2 saturated heterocycles. The van der Waals surface area contributed by atoms with Crippen molar-refractivity contribution >= 4 is 5.91 Å². The van der Waals surface area contributed by atoms with Crippen molar-refractivity contribution in [3.05, 3.63) is 0 Å². The highest BCUT2D eigenvalue weighted by molar-refractivity contribution is 5.77. The second-order valence-corrected chi connectivity index (χ2v) is 5.76. The number of piperidine rings is 1. The molecule has 0 unspecified atom stereocenters. The molecule has 0 aromatic heterocycles. The van der Waals surface area contributed by atoms with Gasteiger partial charge in [0.2, 0.25) is 5.91 Å². The van der Waals surface area contributed by atoms with Crippen molar-refractivity contribution in [1.29, 1.82) is 0 Å². The summed E-state index contributed by atoms with van der Waals surface area (Å²) in [6.07, 6.45) is 7.32. The van der Waals surface area contributed by atoms with Crippen molar-refractivity contribution < 1.29 is 4.79 Å². The Morgan fingerprint density at radius 1 is 1.19 bits per heavy atom. The summed E-state index contributed by atoms with van der Waals surface area (Å²) in [7, 11) is 0. The number of carbonyl (C=O) groups excluding carboxylic acids is 1. The van der Waals surface area contributed by atoms with E-state index in [1.54, 1.807) is 0 Å². The van der Waals surface area contributed by atoms with Crippen LogP contribution in [0.15, 0.2) is 0 Å². The maximum atomic E-state index is 12.1. The van der Waals surface area contributed by atoms with E-state index in [0.717, 1.165) is 32.0 Å². The number of likely N-dealkylation sites (tertiary alicyclic amines) is 1. The third-order valence-electron chi connectivity index (χ3n) is 4.64. The van der Waals surface area contributed by atoms with Crippen LogP contribution in [-0.2, 0) is 4.79 Å². The van der Waals surface area contributed by atoms with Gasteiger partial charge < -0.3 is 10.2 Å². The molecular formula is C13H22N2O. The molecule has 1 aliphatic carbocycles. The van der Waals surface area contributed by atoms with Gasteiger partial charge in [0.15, 0.2) is 0 Å². The molecule has 0 aromatic carbocycles. The van der Waals surface area contributed by atoms with Gasteiger partial charge in [-0.1, -0.05) is 6.42 Å². The monoisotopic (exact) mass is 222 g/mol. The fourth-order valence-electron chi connectivity index (χ4n) is 3.32. The Kier molecular flexibility index (Phi) is 2.88. The van der Waals surface area contributed by atoms with Crippen molar-refractivity contribution in [3.8, 4) is 0 Å². The van der Waals surface area contributed by atoms with Crippen molar-refractivity contribution in [2.24, 2.45) is 11.8 Å². The number of carbonyl (C=O) groups is 1. The quantitative estimate of drug-likeness (QED) is 0.765. The molecule has 3 nitrogen and oxygen atoms in total. The van der Waals surface area contributed by atoms with Crippen LogP contribution in [0.2, 0.25) is 0 Å². The molecule has 1 N–H and O–H groups in total. The van der Waals surface area contributed by atoms with Gasteiger partial charge in [0, 0.05) is 25.6 Å². The number of hydrogen-bond acceptors (Lipinski definition) is 2. The van der Waals surface area contributed by atoms with E-state index in [1.165, 1.54) is 32.1 Å². The second kappa shape index (κ2) is 4.36. The molecule has 0 bridgehead atoms. The van der Waals surface area contributed by atoms with Crippen LogP contribution in [0.4, 0.5) is 0 Å². The molecule has 3 rings (SSSR count). The van der Waals surface area contributed by atoms with E-state index in [9.17, 15) is 4.79 Å². The minimum absolute atomic E-state index is 0.418. The van der Waals surface area contributed by atoms with Crippen molar-refractivity contribution in [2.75, 3.05) is 19.6 Å². The van der Waals surface area contributed by atoms with Crippen LogP contribution in [0.25, 0.3) is 0 Å². The molecule has 0 aromatic rings. The Bertz CT molecular complexity index is 261. The SMILES string of the molecule is O=C(CC1CCC1)N1C[C@@H]2CCCN[C@@H]2C1. The average molecular weight is 222 g/mol. The Morgan fingerprint density at radius 3 is 2.75 bits per heavy atom. The molecule has 2 heterocycles. The van der Waals surface area contributed by atoms with Gasteiger partial charge in [-0.3, -0.25) is 4.79 Å². The Morgan fingerprint density at radius 2 is 2.06 bits per heavy atom. The van der Waals surface area contributed by atoms with E-state index in [2.05, 4.69) is 10.2 Å². The molecule has 2 aliphatic heterocycles. The molecule has 0 spiro atoms. The Balaban J connectivity index is 1.53. The van der Waals surface area contributed by atoms with Crippen LogP contribution in [0, 0.1) is 11.8 Å². The number of fused-ring (bicyclic) bond motifs is 1. The summed E-state index contributed by atoms with van der Waals surface area (Å²) < 4.78 is 0. The topological polar surface area (TPSA) is 32.3 Å². The highest BCUT2D eigenvalue weighted by atomic mass is 16.2. The molecule has 1 saturated carbocycles. The molecule has 3 heteroatoms. The van der Waals surface area contributed by atoms with Crippen LogP contribution in [-0.4, -0.2) is 36.5 Å². The highest BCUT2D eigenvalue weighted by Gasteiger charge is 2.37. The fraction of sp³-hybridized carbons (Fsp3) is 0.923. The summed E-state index contributed by atoms with van der Waals surface area (Å²) in [5, 5.41) is 3.55. The maximum absolute atomic E-state index is 12.1. The van der Waals surface area contributed by atoms with E-state index in [-0.39, 0.29) is 0 Å². The zero-order valence-corrected chi connectivity index (χ0v) is 9.95. The van der Waals surface area contributed by atoms with Gasteiger partial charge in [0.05, 0.1) is 0 Å². The van der Waals surface area contributed by atoms with Gasteiger partial charge in [0.1, 0.15) is 0 Å². The molecule has 1 amide bonds. The highest BCUT2D eigenvalue weighted by Crippen LogP contribution is 2.31. The molecule has 16 heavy (non-hydrogen) atoms. The molecule has 2 atom stereocenters. The molecular weight excluding hydrogens is 200 g/mol. The lowest BCUT2D eigenvalue weighted by Crippen LogP contribution is -2.41. The molecule has 3 fully saturated rings. The minimum atomic E-state index is 0.418. The van der Waals surface area contributed by atoms with E-state index in [4.69, 9.17) is 0 Å². The van der Waals surface area contributed by atoms with Crippen molar-refractivity contribution in [1.82, 2.24) is 10.2 Å². The lowest BCUT2D eigenvalue weighted by molar-refractivity contribution is -0.131. The summed E-state index contributed by atoms with van der Waals surface area (Å²) in [6.45, 7) is 3.13. The number of amides is 1. The van der Waals surface area contributed by atoms with E-state index >= 15 is 0 Å². The standard InChI is InChI=1S/C13H22N2O/c16-13(7-10-3-1-4-10)15-8-11-5-2-6-14-12(11)9-15/h10-12,14H,1-9H2/t11-,12+/m0/s1. The normalized spacial score (nSPS) is 34.6. The first-order chi connectivity index (χ1) is 7.83. The Hall–Kier alpha value is -0.570. The zero-order valence-electron chi connectivity index (χ0n) is 9.95. The number of nitrogens with zero attached hydrogens (tertiary/aromatic N) is 1. The van der Waals surface area contributed by atoms with Gasteiger partial charge >= 0.3 is 0 Å². The average Bonchev–Trinajstić information content (AvgIpc) is 2.66. The van der Waals surface area contributed by atoms with E-state index in [1.807, 2.05) is 0 Å². The maximum Gasteiger partial charge on any atom is 0.222 e. The third-order valence-corrected chi connectivity index (χ3v) is 4.64. The van der Waals surface area contributed by atoms with Gasteiger partial charge in [-0.05, 0) is 44.1 Å². The van der Waals surface area contributed by atoms with Crippen molar-refractivity contribution in [2.45, 2.75) is 44.6 Å². The van der Waals surface area contributed by atoms with Crippen LogP contribution in [0.5, 0.6) is 0 Å². The summed E-state index contributed by atoms with van der Waals surface area (Å²) in [5.74, 6) is 1.86. The van der Waals surface area contributed by atoms with E-state index < -0.39 is 0 Å². The van der Waals surface area contributed by atoms with E-state index in [0.29, 0.717) is 17.9 Å². The van der Waals surface area contributed by atoms with Crippen LogP contribution >= 0.6 is 0 Å². The first-order valence-corrected chi connectivity index (χ1v) is 6.84. The molecule has 0 radical (unpaired) electrons. The minimum Gasteiger partial charge on any atom is -0.341 e. The third kappa shape index (κ3) is 1.97. The van der Waals surface area contributed by atoms with Crippen LogP contribution < -0.4 is 5.32 Å². The molecule has 90 valence electrons. The lowest BCUT2D eigenvalue weighted by Gasteiger charge is -2.27. The predicted molar refractivity (Wildman–Crippen MR) is 63.1 cm³/mol. The second-order valence-electron chi connectivity index (χ2n) is 5.76. The largest absolute Gasteiger partial charge is 0.341 e. The van der Waals surface area contributed by atoms with Crippen LogP contribution in [0.3, 0.4) is 0 Å². The summed E-state index contributed by atoms with van der Waals surface area (Å²) in [6, 6.07) is 0.596. The van der Waals surface area contributed by atoms with Gasteiger partial charge in [-0.15, -0.1) is 0 Å². The number of rotatable bonds is 2. The van der Waals surface area contributed by atoms with Crippen LogP contribution in [0.1, 0.15) is 38.5 Å². The molecule has 3 aliphatic rings. The van der Waals surface area contributed by atoms with Gasteiger partial charge in [-0.25, -0.2) is 0 Å². The lowest BCUT2D eigenvalue weighted by atomic mass is 9.83. The summed E-state index contributed by atoms with van der Waals surface area (Å²) in [5.41, 5.74) is 0. The van der Waals surface area contributed by atoms with Crippen molar-refractivity contribution in [3.63, 3.8) is 0 Å². The van der Waals surface area contributed by atoms with Gasteiger partial charge in [0.25, 0.3) is 0 Å². The predicted octanol–water partition coefficient (Wildman–Crippen LogP) is 1.39. The smallest absolute Gasteiger partial charge is 0.222 e. The van der Waals surface area contributed by atoms with Gasteiger partial charge in [-0.2, -0.15) is 0 Å². The Labute approximate surface area is 97.6 Å².